The molecule has 1 aromatic carbocycles. The van der Waals surface area contributed by atoms with Gasteiger partial charge in [0.25, 0.3) is 0 Å². The number of amides is 1. The Morgan fingerprint density at radius 3 is 2.44 bits per heavy atom. The van der Waals surface area contributed by atoms with E-state index in [2.05, 4.69) is 15.1 Å². The molecular weight excluding hydrogens is 314 g/mol. The van der Waals surface area contributed by atoms with Gasteiger partial charge >= 0.3 is 0 Å². The van der Waals surface area contributed by atoms with Crippen molar-refractivity contribution in [1.29, 1.82) is 0 Å². The van der Waals surface area contributed by atoms with Crippen molar-refractivity contribution >= 4 is 5.91 Å². The maximum Gasteiger partial charge on any atom is 0.237 e. The van der Waals surface area contributed by atoms with Crippen molar-refractivity contribution in [1.82, 2.24) is 15.1 Å². The molecule has 2 atom stereocenters. The minimum atomic E-state index is -0.448. The van der Waals surface area contributed by atoms with Crippen LogP contribution in [-0.2, 0) is 4.79 Å². The molecular formula is C20H31N3O2. The first-order valence-electron chi connectivity index (χ1n) is 9.63. The Bertz CT molecular complexity index is 537. The molecule has 2 N–H and O–H groups in total. The predicted octanol–water partition coefficient (Wildman–Crippen LogP) is 1.78. The van der Waals surface area contributed by atoms with Crippen molar-refractivity contribution < 1.29 is 9.90 Å². The summed E-state index contributed by atoms with van der Waals surface area (Å²) >= 11 is 0. The van der Waals surface area contributed by atoms with E-state index in [9.17, 15) is 9.90 Å². The molecule has 0 aromatic heterocycles. The number of nitrogens with zero attached hydrogens (tertiary/aromatic N) is 2. The Balaban J connectivity index is 1.42. The molecule has 2 fully saturated rings. The highest BCUT2D eigenvalue weighted by Gasteiger charge is 2.28. The second-order valence-corrected chi connectivity index (χ2v) is 7.43. The quantitative estimate of drug-likeness (QED) is 0.825. The average molecular weight is 345 g/mol. The van der Waals surface area contributed by atoms with Crippen LogP contribution < -0.4 is 5.32 Å². The van der Waals surface area contributed by atoms with Gasteiger partial charge in [0.05, 0.1) is 12.1 Å². The van der Waals surface area contributed by atoms with Crippen molar-refractivity contribution in [2.75, 3.05) is 32.7 Å². The minimum absolute atomic E-state index is 0.0678. The summed E-state index contributed by atoms with van der Waals surface area (Å²) in [5.74, 6) is 0.171. The van der Waals surface area contributed by atoms with Gasteiger partial charge in [-0.2, -0.15) is 0 Å². The summed E-state index contributed by atoms with van der Waals surface area (Å²) in [5.41, 5.74) is 0.967. The SMILES string of the molecule is C[C@@H](C(=O)NC1CCCC1)N1CCN(C[C@H](O)c2ccccc2)CC1. The number of hydrogen-bond acceptors (Lipinski definition) is 4. The second-order valence-electron chi connectivity index (χ2n) is 7.43. The largest absolute Gasteiger partial charge is 0.387 e. The number of β-amino-alcohol motifs (C(OH)–C–C–N with tert-alkyl or cyclic N) is 1. The van der Waals surface area contributed by atoms with Gasteiger partial charge in [-0.1, -0.05) is 43.2 Å². The lowest BCUT2D eigenvalue weighted by molar-refractivity contribution is -0.127. The minimum Gasteiger partial charge on any atom is -0.387 e. The number of carbonyl (C=O) groups excluding carboxylic acids is 1. The molecule has 0 radical (unpaired) electrons. The van der Waals surface area contributed by atoms with Gasteiger partial charge in [-0.3, -0.25) is 14.6 Å². The topological polar surface area (TPSA) is 55.8 Å². The highest BCUT2D eigenvalue weighted by atomic mass is 16.3. The van der Waals surface area contributed by atoms with Gasteiger partial charge in [0.15, 0.2) is 0 Å². The van der Waals surface area contributed by atoms with Crippen molar-refractivity contribution in [2.45, 2.75) is 50.8 Å². The van der Waals surface area contributed by atoms with Crippen molar-refractivity contribution in [3.05, 3.63) is 35.9 Å². The van der Waals surface area contributed by atoms with Crippen LogP contribution in [0.2, 0.25) is 0 Å². The molecule has 25 heavy (non-hydrogen) atoms. The summed E-state index contributed by atoms with van der Waals surface area (Å²) in [6, 6.07) is 10.1. The fourth-order valence-corrected chi connectivity index (χ4v) is 3.92. The number of aliphatic hydroxyl groups is 1. The molecule has 0 unspecified atom stereocenters. The first kappa shape index (κ1) is 18.4. The van der Waals surface area contributed by atoms with Gasteiger partial charge in [-0.15, -0.1) is 0 Å². The predicted molar refractivity (Wildman–Crippen MR) is 99.3 cm³/mol. The average Bonchev–Trinajstić information content (AvgIpc) is 3.15. The summed E-state index contributed by atoms with van der Waals surface area (Å²) in [6.45, 7) is 6.21. The van der Waals surface area contributed by atoms with Crippen LogP contribution >= 0.6 is 0 Å². The van der Waals surface area contributed by atoms with Crippen LogP contribution in [0.5, 0.6) is 0 Å². The number of benzene rings is 1. The molecule has 1 aliphatic heterocycles. The summed E-state index contributed by atoms with van der Waals surface area (Å²) in [4.78, 5) is 17.0. The Hall–Kier alpha value is -1.43. The van der Waals surface area contributed by atoms with E-state index in [1.165, 1.54) is 12.8 Å². The fourth-order valence-electron chi connectivity index (χ4n) is 3.92. The molecule has 1 saturated heterocycles. The second kappa shape index (κ2) is 8.79. The monoisotopic (exact) mass is 345 g/mol. The number of piperazine rings is 1. The number of nitrogens with one attached hydrogen (secondary N) is 1. The van der Waals surface area contributed by atoms with Crippen LogP contribution in [0.25, 0.3) is 0 Å². The first-order chi connectivity index (χ1) is 12.1. The highest BCUT2D eigenvalue weighted by molar-refractivity contribution is 5.81. The number of rotatable bonds is 6. The molecule has 138 valence electrons. The zero-order valence-corrected chi connectivity index (χ0v) is 15.2. The van der Waals surface area contributed by atoms with Crippen molar-refractivity contribution in [3.8, 4) is 0 Å². The number of hydrogen-bond donors (Lipinski definition) is 2. The third-order valence-corrected chi connectivity index (χ3v) is 5.65. The molecule has 5 heteroatoms. The molecule has 1 aliphatic carbocycles. The third kappa shape index (κ3) is 5.03. The molecule has 1 aromatic rings. The summed E-state index contributed by atoms with van der Waals surface area (Å²) in [5, 5.41) is 13.6. The zero-order valence-electron chi connectivity index (χ0n) is 15.2. The standard InChI is InChI=1S/C20H31N3O2/c1-16(20(25)21-18-9-5-6-10-18)23-13-11-22(12-14-23)15-19(24)17-7-3-2-4-8-17/h2-4,7-8,16,18-19,24H,5-6,9-15H2,1H3,(H,21,25)/t16-,19-/m0/s1. The summed E-state index contributed by atoms with van der Waals surface area (Å²) in [6.07, 6.45) is 4.28. The van der Waals surface area contributed by atoms with E-state index in [1.54, 1.807) is 0 Å². The van der Waals surface area contributed by atoms with Crippen LogP contribution in [-0.4, -0.2) is 65.6 Å². The van der Waals surface area contributed by atoms with Crippen LogP contribution in [0.3, 0.4) is 0 Å². The zero-order chi connectivity index (χ0) is 17.6. The lowest BCUT2D eigenvalue weighted by Gasteiger charge is -2.38. The lowest BCUT2D eigenvalue weighted by atomic mass is 10.1. The van der Waals surface area contributed by atoms with E-state index in [0.29, 0.717) is 12.6 Å². The Kier molecular flexibility index (Phi) is 6.45. The van der Waals surface area contributed by atoms with Gasteiger partial charge in [0, 0.05) is 38.8 Å². The molecule has 5 nitrogen and oxygen atoms in total. The third-order valence-electron chi connectivity index (χ3n) is 5.65. The van der Waals surface area contributed by atoms with Gasteiger partial charge in [-0.05, 0) is 25.3 Å². The number of carbonyl (C=O) groups is 1. The van der Waals surface area contributed by atoms with Crippen molar-refractivity contribution in [2.24, 2.45) is 0 Å². The molecule has 0 bridgehead atoms. The molecule has 0 spiro atoms. The Morgan fingerprint density at radius 2 is 1.80 bits per heavy atom. The smallest absolute Gasteiger partial charge is 0.237 e. The summed E-state index contributed by atoms with van der Waals surface area (Å²) < 4.78 is 0. The van der Waals surface area contributed by atoms with Crippen LogP contribution in [0.1, 0.15) is 44.3 Å². The summed E-state index contributed by atoms with van der Waals surface area (Å²) in [7, 11) is 0. The lowest BCUT2D eigenvalue weighted by Crippen LogP contribution is -2.55. The first-order valence-corrected chi connectivity index (χ1v) is 9.63. The van der Waals surface area contributed by atoms with Crippen LogP contribution in [0.15, 0.2) is 30.3 Å². The molecule has 1 heterocycles. The fraction of sp³-hybridized carbons (Fsp3) is 0.650. The Labute approximate surface area is 151 Å². The highest BCUT2D eigenvalue weighted by Crippen LogP contribution is 2.19. The molecule has 3 rings (SSSR count). The van der Waals surface area contributed by atoms with E-state index < -0.39 is 6.10 Å². The number of aliphatic hydroxyl groups excluding tert-OH is 1. The van der Waals surface area contributed by atoms with E-state index in [1.807, 2.05) is 37.3 Å². The van der Waals surface area contributed by atoms with E-state index >= 15 is 0 Å². The van der Waals surface area contributed by atoms with E-state index in [4.69, 9.17) is 0 Å². The maximum absolute atomic E-state index is 12.4. The van der Waals surface area contributed by atoms with Crippen molar-refractivity contribution in [3.63, 3.8) is 0 Å². The van der Waals surface area contributed by atoms with Gasteiger partial charge in [0.1, 0.15) is 0 Å². The van der Waals surface area contributed by atoms with E-state index in [0.717, 1.165) is 44.6 Å². The van der Waals surface area contributed by atoms with Crippen LogP contribution in [0, 0.1) is 0 Å². The van der Waals surface area contributed by atoms with Crippen LogP contribution in [0.4, 0.5) is 0 Å². The van der Waals surface area contributed by atoms with Gasteiger partial charge in [0.2, 0.25) is 5.91 Å². The van der Waals surface area contributed by atoms with Gasteiger partial charge < -0.3 is 10.4 Å². The molecule has 1 saturated carbocycles. The maximum atomic E-state index is 12.4. The van der Waals surface area contributed by atoms with E-state index in [-0.39, 0.29) is 11.9 Å². The van der Waals surface area contributed by atoms with Gasteiger partial charge in [-0.25, -0.2) is 0 Å². The Morgan fingerprint density at radius 1 is 1.16 bits per heavy atom. The molecule has 1 amide bonds. The molecule has 2 aliphatic rings. The normalized spacial score (nSPS) is 22.6.